The average Bonchev–Trinajstić information content (AvgIpc) is 2.94. The number of methoxy groups -OCH3 is 1. The van der Waals surface area contributed by atoms with Crippen LogP contribution in [-0.4, -0.2) is 34.9 Å². The molecule has 0 saturated carbocycles. The summed E-state index contributed by atoms with van der Waals surface area (Å²) in [7, 11) is 1.58. The normalized spacial score (nSPS) is 10.9. The fourth-order valence-electron chi connectivity index (χ4n) is 1.91. The van der Waals surface area contributed by atoms with Gasteiger partial charge in [-0.25, -0.2) is 9.78 Å². The van der Waals surface area contributed by atoms with Gasteiger partial charge in [-0.1, -0.05) is 0 Å². The summed E-state index contributed by atoms with van der Waals surface area (Å²) >= 11 is 0. The number of nitriles is 1. The topological polar surface area (TPSA) is 118 Å². The number of nitrogens with one attached hydrogen (secondary N) is 1. The fraction of sp³-hybridized carbons (Fsp3) is 0.200. The van der Waals surface area contributed by atoms with Gasteiger partial charge in [0.2, 0.25) is 0 Å². The lowest BCUT2D eigenvalue weighted by molar-refractivity contribution is 0.250. The van der Waals surface area contributed by atoms with Crippen LogP contribution in [0.4, 0.5) is 10.6 Å². The number of anilines is 1. The highest BCUT2D eigenvalue weighted by Crippen LogP contribution is 2.20. The van der Waals surface area contributed by atoms with Gasteiger partial charge in [0.1, 0.15) is 29.7 Å². The highest BCUT2D eigenvalue weighted by molar-refractivity contribution is 6.16. The molecule has 1 aromatic heterocycles. The van der Waals surface area contributed by atoms with Crippen LogP contribution in [0.3, 0.4) is 0 Å². The van der Waals surface area contributed by atoms with Gasteiger partial charge in [0.15, 0.2) is 5.71 Å². The third-order valence-electron chi connectivity index (χ3n) is 3.03. The maximum Gasteiger partial charge on any atom is 0.342 e. The lowest BCUT2D eigenvalue weighted by Crippen LogP contribution is -2.20. The van der Waals surface area contributed by atoms with Gasteiger partial charge in [-0.15, -0.1) is 0 Å². The number of hydrogen-bond acceptors (Lipinski definition) is 5. The fourth-order valence-corrected chi connectivity index (χ4v) is 1.91. The number of rotatable bonds is 4. The highest BCUT2D eigenvalue weighted by Gasteiger charge is 2.16. The maximum absolute atomic E-state index is 11.5. The molecule has 8 nitrogen and oxygen atoms in total. The van der Waals surface area contributed by atoms with Crippen molar-refractivity contribution in [3.8, 4) is 17.5 Å². The molecule has 0 spiro atoms. The Morgan fingerprint density at radius 2 is 2.17 bits per heavy atom. The van der Waals surface area contributed by atoms with Crippen molar-refractivity contribution in [1.82, 2.24) is 14.9 Å². The Hall–Kier alpha value is -3.34. The van der Waals surface area contributed by atoms with Gasteiger partial charge < -0.3 is 15.8 Å². The second-order valence-corrected chi connectivity index (χ2v) is 4.45. The summed E-state index contributed by atoms with van der Waals surface area (Å²) in [6, 6.07) is 8.39. The number of carbonyl (C=O) groups excluding carboxylic acids is 1. The zero-order valence-corrected chi connectivity index (χ0v) is 12.8. The first-order valence-corrected chi connectivity index (χ1v) is 6.85. The molecular weight excluding hydrogens is 296 g/mol. The number of aromatic nitrogens is 2. The number of nitrogens with two attached hydrogens (primary N) is 1. The molecule has 0 bridgehead atoms. The standard InChI is InChI=1S/C15H16N6O2/c1-3-18-15(22)20-12(8-16)13-14(17)21(9-19-13)10-4-6-11(23-2)7-5-10/h4-7,9H,3,17H2,1-2H3,(H,18,22)/b20-12+. The molecule has 0 aliphatic heterocycles. The van der Waals surface area contributed by atoms with E-state index in [9.17, 15) is 10.1 Å². The number of nitrogens with zero attached hydrogens (tertiary/aromatic N) is 4. The second-order valence-electron chi connectivity index (χ2n) is 4.45. The van der Waals surface area contributed by atoms with Crippen LogP contribution < -0.4 is 15.8 Å². The summed E-state index contributed by atoms with van der Waals surface area (Å²) in [6.45, 7) is 2.17. The molecule has 0 fully saturated rings. The number of imidazole rings is 1. The molecule has 118 valence electrons. The molecule has 3 N–H and O–H groups in total. The Morgan fingerprint density at radius 3 is 2.74 bits per heavy atom. The van der Waals surface area contributed by atoms with Crippen molar-refractivity contribution in [3.63, 3.8) is 0 Å². The van der Waals surface area contributed by atoms with Gasteiger partial charge >= 0.3 is 6.03 Å². The third-order valence-corrected chi connectivity index (χ3v) is 3.03. The number of ether oxygens (including phenoxy) is 1. The Bertz CT molecular complexity index is 770. The summed E-state index contributed by atoms with van der Waals surface area (Å²) in [5, 5.41) is 11.7. The van der Waals surface area contributed by atoms with Crippen LogP contribution >= 0.6 is 0 Å². The van der Waals surface area contributed by atoms with Crippen LogP contribution in [0.15, 0.2) is 35.6 Å². The predicted molar refractivity (Wildman–Crippen MR) is 85.8 cm³/mol. The number of amides is 2. The van der Waals surface area contributed by atoms with Crippen molar-refractivity contribution in [2.45, 2.75) is 6.92 Å². The predicted octanol–water partition coefficient (Wildman–Crippen LogP) is 1.51. The molecule has 2 rings (SSSR count). The van der Waals surface area contributed by atoms with E-state index in [2.05, 4.69) is 15.3 Å². The Morgan fingerprint density at radius 1 is 1.48 bits per heavy atom. The molecule has 0 aliphatic carbocycles. The van der Waals surface area contributed by atoms with Crippen molar-refractivity contribution in [2.75, 3.05) is 19.4 Å². The lowest BCUT2D eigenvalue weighted by atomic mass is 10.2. The summed E-state index contributed by atoms with van der Waals surface area (Å²) in [5.41, 5.74) is 6.81. The number of benzene rings is 1. The summed E-state index contributed by atoms with van der Waals surface area (Å²) < 4.78 is 6.70. The molecule has 0 aliphatic rings. The highest BCUT2D eigenvalue weighted by atomic mass is 16.5. The van der Waals surface area contributed by atoms with E-state index in [0.29, 0.717) is 12.3 Å². The average molecular weight is 312 g/mol. The van der Waals surface area contributed by atoms with Gasteiger partial charge in [-0.3, -0.25) is 4.57 Å². The van der Waals surface area contributed by atoms with E-state index < -0.39 is 6.03 Å². The molecule has 8 heteroatoms. The monoisotopic (exact) mass is 312 g/mol. The van der Waals surface area contributed by atoms with Gasteiger partial charge in [-0.2, -0.15) is 10.3 Å². The SMILES string of the molecule is CCNC(=O)/N=C(\C#N)c1ncn(-c2ccc(OC)cc2)c1N. The quantitative estimate of drug-likeness (QED) is 0.829. The molecule has 0 radical (unpaired) electrons. The first-order chi connectivity index (χ1) is 11.1. The third kappa shape index (κ3) is 3.47. The van der Waals surface area contributed by atoms with E-state index in [0.717, 1.165) is 5.69 Å². The molecule has 2 amide bonds. The maximum atomic E-state index is 11.5. The van der Waals surface area contributed by atoms with E-state index in [1.54, 1.807) is 42.9 Å². The minimum Gasteiger partial charge on any atom is -0.497 e. The molecular formula is C15H16N6O2. The Labute approximate surface area is 133 Å². The number of carbonyl (C=O) groups is 1. The minimum atomic E-state index is -0.609. The number of hydrogen-bond donors (Lipinski definition) is 2. The van der Waals surface area contributed by atoms with Gasteiger partial charge in [-0.05, 0) is 31.2 Å². The summed E-state index contributed by atoms with van der Waals surface area (Å²) in [4.78, 5) is 19.3. The van der Waals surface area contributed by atoms with Crippen molar-refractivity contribution in [1.29, 1.82) is 5.26 Å². The van der Waals surface area contributed by atoms with Crippen molar-refractivity contribution >= 4 is 17.6 Å². The van der Waals surface area contributed by atoms with Gasteiger partial charge in [0, 0.05) is 12.2 Å². The minimum absolute atomic E-state index is 0.138. The Balaban J connectivity index is 2.37. The van der Waals surface area contributed by atoms with Crippen LogP contribution in [0.25, 0.3) is 5.69 Å². The van der Waals surface area contributed by atoms with Crippen LogP contribution in [0.5, 0.6) is 5.75 Å². The zero-order chi connectivity index (χ0) is 16.8. The van der Waals surface area contributed by atoms with Crippen LogP contribution in [0.2, 0.25) is 0 Å². The lowest BCUT2D eigenvalue weighted by Gasteiger charge is -2.06. The molecule has 1 heterocycles. The van der Waals surface area contributed by atoms with Crippen LogP contribution in [-0.2, 0) is 0 Å². The van der Waals surface area contributed by atoms with E-state index >= 15 is 0 Å². The number of nitrogen functional groups attached to an aromatic ring is 1. The van der Waals surface area contributed by atoms with Crippen molar-refractivity contribution < 1.29 is 9.53 Å². The molecule has 1 aromatic carbocycles. The molecule has 0 atom stereocenters. The van der Waals surface area contributed by atoms with Gasteiger partial charge in [0.25, 0.3) is 0 Å². The van der Waals surface area contributed by atoms with Crippen LogP contribution in [0.1, 0.15) is 12.6 Å². The second kappa shape index (κ2) is 7.09. The summed E-state index contributed by atoms with van der Waals surface area (Å²) in [6.07, 6.45) is 1.47. The molecule has 23 heavy (non-hydrogen) atoms. The summed E-state index contributed by atoms with van der Waals surface area (Å²) in [5.74, 6) is 0.933. The molecule has 2 aromatic rings. The Kier molecular flexibility index (Phi) is 4.94. The van der Waals surface area contributed by atoms with Crippen LogP contribution in [0, 0.1) is 11.3 Å². The van der Waals surface area contributed by atoms with Crippen molar-refractivity contribution in [3.05, 3.63) is 36.3 Å². The molecule has 0 unspecified atom stereocenters. The van der Waals surface area contributed by atoms with E-state index in [-0.39, 0.29) is 17.2 Å². The van der Waals surface area contributed by atoms with E-state index in [4.69, 9.17) is 10.5 Å². The first-order valence-electron chi connectivity index (χ1n) is 6.85. The van der Waals surface area contributed by atoms with E-state index in [1.807, 2.05) is 6.07 Å². The smallest absolute Gasteiger partial charge is 0.342 e. The van der Waals surface area contributed by atoms with E-state index in [1.165, 1.54) is 6.33 Å². The zero-order valence-electron chi connectivity index (χ0n) is 12.8. The van der Waals surface area contributed by atoms with Gasteiger partial charge in [0.05, 0.1) is 7.11 Å². The van der Waals surface area contributed by atoms with Crippen molar-refractivity contribution in [2.24, 2.45) is 4.99 Å². The largest absolute Gasteiger partial charge is 0.497 e. The molecule has 0 saturated heterocycles. The number of aliphatic imine (C=N–C) groups is 1. The first kappa shape index (κ1) is 16.0. The number of urea groups is 1.